The van der Waals surface area contributed by atoms with E-state index in [1.807, 2.05) is 0 Å². The molecule has 0 saturated heterocycles. The summed E-state index contributed by atoms with van der Waals surface area (Å²) in [5, 5.41) is 7.63. The number of rotatable bonds is 4. The molecule has 2 aliphatic carbocycles. The molecule has 0 radical (unpaired) electrons. The Hall–Kier alpha value is -0.120. The first-order valence-corrected chi connectivity index (χ1v) is 9.85. The van der Waals surface area contributed by atoms with Crippen LogP contribution < -0.4 is 10.6 Å². The molecule has 136 valence electrons. The van der Waals surface area contributed by atoms with E-state index in [9.17, 15) is 0 Å². The van der Waals surface area contributed by atoms with Crippen molar-refractivity contribution in [2.75, 3.05) is 0 Å². The molecular weight excluding hydrogens is 284 g/mol. The van der Waals surface area contributed by atoms with E-state index in [-0.39, 0.29) is 11.1 Å². The molecular formula is C20H40N2O. The second kappa shape index (κ2) is 7.84. The first-order valence-electron chi connectivity index (χ1n) is 9.85. The van der Waals surface area contributed by atoms with Crippen molar-refractivity contribution in [2.24, 2.45) is 0 Å². The lowest BCUT2D eigenvalue weighted by Crippen LogP contribution is -2.56. The average Bonchev–Trinajstić information content (AvgIpc) is 2.40. The van der Waals surface area contributed by atoms with Gasteiger partial charge in [-0.05, 0) is 67.2 Å². The van der Waals surface area contributed by atoms with Crippen molar-refractivity contribution in [1.29, 1.82) is 0 Å². The summed E-state index contributed by atoms with van der Waals surface area (Å²) in [4.78, 5) is 0. The first-order chi connectivity index (χ1) is 10.6. The summed E-state index contributed by atoms with van der Waals surface area (Å²) >= 11 is 0. The molecule has 0 aromatic heterocycles. The summed E-state index contributed by atoms with van der Waals surface area (Å²) in [5.41, 5.74) is 0.332. The van der Waals surface area contributed by atoms with E-state index >= 15 is 0 Å². The molecule has 0 amide bonds. The van der Waals surface area contributed by atoms with Crippen LogP contribution in [-0.4, -0.2) is 35.4 Å². The van der Waals surface area contributed by atoms with E-state index in [2.05, 4.69) is 52.2 Å². The van der Waals surface area contributed by atoms with E-state index in [1.54, 1.807) is 0 Å². The van der Waals surface area contributed by atoms with Crippen LogP contribution in [0.4, 0.5) is 0 Å². The minimum absolute atomic E-state index is 0.166. The molecule has 3 nitrogen and oxygen atoms in total. The van der Waals surface area contributed by atoms with E-state index in [1.165, 1.54) is 51.4 Å². The van der Waals surface area contributed by atoms with Gasteiger partial charge in [0.15, 0.2) is 0 Å². The number of nitrogens with one attached hydrogen (secondary N) is 2. The Balaban J connectivity index is 1.98. The van der Waals surface area contributed by atoms with Gasteiger partial charge in [-0.3, -0.25) is 0 Å². The van der Waals surface area contributed by atoms with Crippen molar-refractivity contribution >= 4 is 0 Å². The summed E-state index contributed by atoms with van der Waals surface area (Å²) < 4.78 is 6.72. The van der Waals surface area contributed by atoms with Gasteiger partial charge in [0.25, 0.3) is 0 Å². The Bertz CT molecular complexity index is 322. The van der Waals surface area contributed by atoms with E-state index in [0.717, 1.165) is 0 Å². The van der Waals surface area contributed by atoms with Crippen LogP contribution in [0.1, 0.15) is 92.9 Å². The Morgan fingerprint density at radius 1 is 0.609 bits per heavy atom. The molecule has 0 aromatic rings. The maximum atomic E-state index is 6.72. The summed E-state index contributed by atoms with van der Waals surface area (Å²) in [6.07, 6.45) is 11.0. The van der Waals surface area contributed by atoms with Crippen molar-refractivity contribution in [2.45, 2.75) is 128 Å². The lowest BCUT2D eigenvalue weighted by molar-refractivity contribution is -0.0798. The Morgan fingerprint density at radius 2 is 0.957 bits per heavy atom. The molecule has 4 unspecified atom stereocenters. The molecule has 0 spiro atoms. The molecule has 0 bridgehead atoms. The topological polar surface area (TPSA) is 33.3 Å². The van der Waals surface area contributed by atoms with Crippen molar-refractivity contribution in [3.63, 3.8) is 0 Å². The summed E-state index contributed by atoms with van der Waals surface area (Å²) in [7, 11) is 0. The highest BCUT2D eigenvalue weighted by atomic mass is 16.5. The lowest BCUT2D eigenvalue weighted by atomic mass is 9.87. The van der Waals surface area contributed by atoms with Crippen molar-refractivity contribution in [3.8, 4) is 0 Å². The number of hydrogen-bond acceptors (Lipinski definition) is 3. The third-order valence-electron chi connectivity index (χ3n) is 4.99. The molecule has 3 heteroatoms. The zero-order chi connectivity index (χ0) is 17.1. The maximum Gasteiger partial charge on any atom is 0.0732 e. The van der Waals surface area contributed by atoms with Crippen molar-refractivity contribution in [1.82, 2.24) is 10.6 Å². The molecule has 2 N–H and O–H groups in total. The van der Waals surface area contributed by atoms with Gasteiger partial charge in [0, 0.05) is 23.2 Å². The Labute approximate surface area is 144 Å². The van der Waals surface area contributed by atoms with Crippen LogP contribution in [0.15, 0.2) is 0 Å². The predicted octanol–water partition coefficient (Wildman–Crippen LogP) is 4.40. The van der Waals surface area contributed by atoms with Gasteiger partial charge in [0.1, 0.15) is 0 Å². The second-order valence-corrected chi connectivity index (χ2v) is 9.78. The molecule has 2 aliphatic rings. The minimum atomic E-state index is 0.166. The van der Waals surface area contributed by atoms with Crippen LogP contribution in [-0.2, 0) is 4.74 Å². The van der Waals surface area contributed by atoms with Gasteiger partial charge in [-0.2, -0.15) is 0 Å². The van der Waals surface area contributed by atoms with E-state index in [4.69, 9.17) is 4.74 Å². The normalized spacial score (nSPS) is 33.7. The van der Waals surface area contributed by atoms with E-state index in [0.29, 0.717) is 24.3 Å². The fraction of sp³-hybridized carbons (Fsp3) is 1.00. The molecule has 2 rings (SSSR count). The summed E-state index contributed by atoms with van der Waals surface area (Å²) in [6.45, 7) is 13.6. The molecule has 0 heterocycles. The third kappa shape index (κ3) is 6.72. The first kappa shape index (κ1) is 19.2. The summed E-state index contributed by atoms with van der Waals surface area (Å²) in [5.74, 6) is 0. The Morgan fingerprint density at radius 3 is 1.30 bits per heavy atom. The van der Waals surface area contributed by atoms with Gasteiger partial charge in [-0.25, -0.2) is 0 Å². The maximum absolute atomic E-state index is 6.72. The minimum Gasteiger partial charge on any atom is -0.372 e. The Kier molecular flexibility index (Phi) is 6.55. The highest BCUT2D eigenvalue weighted by molar-refractivity contribution is 4.91. The highest BCUT2D eigenvalue weighted by Gasteiger charge is 2.35. The quantitative estimate of drug-likeness (QED) is 0.804. The molecule has 0 aromatic carbocycles. The van der Waals surface area contributed by atoms with E-state index < -0.39 is 0 Å². The molecule has 2 saturated carbocycles. The molecule has 4 atom stereocenters. The average molecular weight is 325 g/mol. The zero-order valence-corrected chi connectivity index (χ0v) is 16.4. The number of hydrogen-bond donors (Lipinski definition) is 2. The van der Waals surface area contributed by atoms with Crippen LogP contribution >= 0.6 is 0 Å². The van der Waals surface area contributed by atoms with Gasteiger partial charge < -0.3 is 15.4 Å². The second-order valence-electron chi connectivity index (χ2n) is 9.78. The van der Waals surface area contributed by atoms with Gasteiger partial charge >= 0.3 is 0 Å². The standard InChI is InChI=1S/C20H40N2O/c1-19(2,3)21-15-11-7-9-13-17(15)23-18-14-10-8-12-16(18)22-20(4,5)6/h15-18,21-22H,7-14H2,1-6H3. The van der Waals surface area contributed by atoms with Crippen LogP contribution in [0, 0.1) is 0 Å². The third-order valence-corrected chi connectivity index (χ3v) is 4.99. The van der Waals surface area contributed by atoms with Crippen molar-refractivity contribution in [3.05, 3.63) is 0 Å². The molecule has 23 heavy (non-hydrogen) atoms. The molecule has 0 aliphatic heterocycles. The largest absolute Gasteiger partial charge is 0.372 e. The van der Waals surface area contributed by atoms with Gasteiger partial charge in [0.05, 0.1) is 12.2 Å². The zero-order valence-electron chi connectivity index (χ0n) is 16.4. The fourth-order valence-corrected chi connectivity index (χ4v) is 4.19. The lowest BCUT2D eigenvalue weighted by Gasteiger charge is -2.43. The van der Waals surface area contributed by atoms with Gasteiger partial charge in [-0.15, -0.1) is 0 Å². The predicted molar refractivity (Wildman–Crippen MR) is 99.0 cm³/mol. The highest BCUT2D eigenvalue weighted by Crippen LogP contribution is 2.29. The fourth-order valence-electron chi connectivity index (χ4n) is 4.19. The molecule has 2 fully saturated rings. The summed E-state index contributed by atoms with van der Waals surface area (Å²) in [6, 6.07) is 1.03. The van der Waals surface area contributed by atoms with Gasteiger partial charge in [-0.1, -0.05) is 25.7 Å². The van der Waals surface area contributed by atoms with Crippen LogP contribution in [0.25, 0.3) is 0 Å². The van der Waals surface area contributed by atoms with Crippen molar-refractivity contribution < 1.29 is 4.74 Å². The SMILES string of the molecule is CC(C)(C)NC1CCCCC1OC1CCCCC1NC(C)(C)C. The van der Waals surface area contributed by atoms with Crippen LogP contribution in [0.5, 0.6) is 0 Å². The smallest absolute Gasteiger partial charge is 0.0732 e. The van der Waals surface area contributed by atoms with Crippen LogP contribution in [0.2, 0.25) is 0 Å². The van der Waals surface area contributed by atoms with Crippen LogP contribution in [0.3, 0.4) is 0 Å². The number of ether oxygens (including phenoxy) is 1. The monoisotopic (exact) mass is 324 g/mol. The van der Waals surface area contributed by atoms with Gasteiger partial charge in [0.2, 0.25) is 0 Å².